The average molecular weight is 288 g/mol. The van der Waals surface area contributed by atoms with Crippen LogP contribution in [0.1, 0.15) is 23.6 Å². The van der Waals surface area contributed by atoms with E-state index >= 15 is 0 Å². The van der Waals surface area contributed by atoms with E-state index in [9.17, 15) is 4.79 Å². The first kappa shape index (κ1) is 15.1. The lowest BCUT2D eigenvalue weighted by Crippen LogP contribution is -2.26. The minimum absolute atomic E-state index is 0.0178. The third-order valence-corrected chi connectivity index (χ3v) is 3.14. The maximum absolute atomic E-state index is 11.8. The van der Waals surface area contributed by atoms with Crippen molar-refractivity contribution in [2.75, 3.05) is 13.7 Å². The van der Waals surface area contributed by atoms with Gasteiger partial charge in [0.15, 0.2) is 5.89 Å². The van der Waals surface area contributed by atoms with E-state index < -0.39 is 0 Å². The molecule has 1 amide bonds. The van der Waals surface area contributed by atoms with Gasteiger partial charge in [-0.3, -0.25) is 4.79 Å². The predicted octanol–water partition coefficient (Wildman–Crippen LogP) is 2.28. The molecule has 21 heavy (non-hydrogen) atoms. The lowest BCUT2D eigenvalue weighted by atomic mass is 10.1. The summed E-state index contributed by atoms with van der Waals surface area (Å²) in [5.74, 6) is 2.27. The second-order valence-electron chi connectivity index (χ2n) is 4.78. The molecule has 1 heterocycles. The van der Waals surface area contributed by atoms with Crippen LogP contribution in [-0.2, 0) is 17.6 Å². The molecule has 0 bridgehead atoms. The molecule has 0 radical (unpaired) electrons. The van der Waals surface area contributed by atoms with Crippen molar-refractivity contribution in [3.63, 3.8) is 0 Å². The number of ether oxygens (including phenoxy) is 1. The average Bonchev–Trinajstić information content (AvgIpc) is 2.91. The van der Waals surface area contributed by atoms with Crippen LogP contribution in [0.2, 0.25) is 0 Å². The number of amides is 1. The molecule has 0 aliphatic rings. The molecule has 0 aliphatic heterocycles. The molecule has 2 rings (SSSR count). The molecule has 1 aromatic carbocycles. The van der Waals surface area contributed by atoms with E-state index in [0.717, 1.165) is 17.1 Å². The van der Waals surface area contributed by atoms with Crippen LogP contribution < -0.4 is 10.1 Å². The number of nitrogens with one attached hydrogen (secondary N) is 1. The van der Waals surface area contributed by atoms with Crippen LogP contribution in [0.3, 0.4) is 0 Å². The van der Waals surface area contributed by atoms with Gasteiger partial charge in [-0.1, -0.05) is 18.2 Å². The zero-order valence-corrected chi connectivity index (χ0v) is 12.4. The number of methoxy groups -OCH3 is 1. The summed E-state index contributed by atoms with van der Waals surface area (Å²) in [6, 6.07) is 7.74. The number of oxazole rings is 1. The van der Waals surface area contributed by atoms with Gasteiger partial charge >= 0.3 is 0 Å². The van der Waals surface area contributed by atoms with Crippen molar-refractivity contribution in [1.29, 1.82) is 0 Å². The van der Waals surface area contributed by atoms with Gasteiger partial charge in [0.05, 0.1) is 13.3 Å². The first-order valence-electron chi connectivity index (χ1n) is 6.99. The van der Waals surface area contributed by atoms with Gasteiger partial charge in [-0.15, -0.1) is 0 Å². The Morgan fingerprint density at radius 1 is 1.33 bits per heavy atom. The van der Waals surface area contributed by atoms with Crippen molar-refractivity contribution in [1.82, 2.24) is 10.3 Å². The van der Waals surface area contributed by atoms with Crippen molar-refractivity contribution in [2.24, 2.45) is 0 Å². The number of rotatable bonds is 7. The minimum Gasteiger partial charge on any atom is -0.496 e. The number of nitrogens with zero attached hydrogens (tertiary/aromatic N) is 1. The third-order valence-electron chi connectivity index (χ3n) is 3.14. The first-order chi connectivity index (χ1) is 10.2. The normalized spacial score (nSPS) is 10.4. The van der Waals surface area contributed by atoms with E-state index in [4.69, 9.17) is 9.15 Å². The minimum atomic E-state index is 0.0178. The summed E-state index contributed by atoms with van der Waals surface area (Å²) in [6.07, 6.45) is 3.38. The molecular formula is C16H20N2O3. The lowest BCUT2D eigenvalue weighted by Gasteiger charge is -2.08. The standard InChI is InChI=1S/C16H20N2O3/c1-12-11-18-16(21-12)9-10-17-15(19)8-7-13-5-3-4-6-14(13)20-2/h3-6,11H,7-10H2,1-2H3,(H,17,19). The Labute approximate surface area is 124 Å². The molecule has 0 saturated carbocycles. The molecule has 0 saturated heterocycles. The van der Waals surface area contributed by atoms with E-state index in [-0.39, 0.29) is 5.91 Å². The van der Waals surface area contributed by atoms with Gasteiger partial charge in [-0.2, -0.15) is 0 Å². The molecule has 0 aliphatic carbocycles. The third kappa shape index (κ3) is 4.63. The highest BCUT2D eigenvalue weighted by molar-refractivity contribution is 5.76. The van der Waals surface area contributed by atoms with Crippen LogP contribution in [0.5, 0.6) is 5.75 Å². The fraction of sp³-hybridized carbons (Fsp3) is 0.375. The molecule has 112 valence electrons. The molecule has 0 fully saturated rings. The smallest absolute Gasteiger partial charge is 0.220 e. The summed E-state index contributed by atoms with van der Waals surface area (Å²) < 4.78 is 10.6. The van der Waals surface area contributed by atoms with Gasteiger partial charge in [0.25, 0.3) is 0 Å². The van der Waals surface area contributed by atoms with Crippen molar-refractivity contribution < 1.29 is 13.9 Å². The zero-order valence-electron chi connectivity index (χ0n) is 12.4. The number of benzene rings is 1. The first-order valence-corrected chi connectivity index (χ1v) is 6.99. The van der Waals surface area contributed by atoms with Crippen LogP contribution >= 0.6 is 0 Å². The highest BCUT2D eigenvalue weighted by atomic mass is 16.5. The molecule has 0 atom stereocenters. The van der Waals surface area contributed by atoms with Gasteiger partial charge < -0.3 is 14.5 Å². The largest absolute Gasteiger partial charge is 0.496 e. The Morgan fingerprint density at radius 2 is 2.14 bits per heavy atom. The van der Waals surface area contributed by atoms with Crippen molar-refractivity contribution >= 4 is 5.91 Å². The molecule has 2 aromatic rings. The predicted molar refractivity (Wildman–Crippen MR) is 79.3 cm³/mol. The summed E-state index contributed by atoms with van der Waals surface area (Å²) in [6.45, 7) is 2.38. The van der Waals surface area contributed by atoms with Crippen molar-refractivity contribution in [2.45, 2.75) is 26.2 Å². The highest BCUT2D eigenvalue weighted by Crippen LogP contribution is 2.18. The molecular weight excluding hydrogens is 268 g/mol. The molecule has 5 nitrogen and oxygen atoms in total. The Kier molecular flexibility index (Phi) is 5.37. The summed E-state index contributed by atoms with van der Waals surface area (Å²) >= 11 is 0. The Balaban J connectivity index is 1.72. The Bertz CT molecular complexity index is 593. The maximum atomic E-state index is 11.8. The lowest BCUT2D eigenvalue weighted by molar-refractivity contribution is -0.121. The summed E-state index contributed by atoms with van der Waals surface area (Å²) in [5.41, 5.74) is 1.04. The van der Waals surface area contributed by atoms with Crippen LogP contribution in [0.25, 0.3) is 0 Å². The molecule has 0 unspecified atom stereocenters. The fourth-order valence-electron chi connectivity index (χ4n) is 2.07. The summed E-state index contributed by atoms with van der Waals surface area (Å²) in [4.78, 5) is 15.9. The van der Waals surface area contributed by atoms with Gasteiger partial charge in [0, 0.05) is 19.4 Å². The zero-order chi connectivity index (χ0) is 15.1. The van der Waals surface area contributed by atoms with Crippen LogP contribution in [0.15, 0.2) is 34.9 Å². The molecule has 1 N–H and O–H groups in total. The van der Waals surface area contributed by atoms with Crippen LogP contribution in [-0.4, -0.2) is 24.5 Å². The van der Waals surface area contributed by atoms with E-state index in [1.54, 1.807) is 13.3 Å². The van der Waals surface area contributed by atoms with Crippen molar-refractivity contribution in [3.8, 4) is 5.75 Å². The number of hydrogen-bond acceptors (Lipinski definition) is 4. The highest BCUT2D eigenvalue weighted by Gasteiger charge is 2.07. The summed E-state index contributed by atoms with van der Waals surface area (Å²) in [5, 5.41) is 2.87. The monoisotopic (exact) mass is 288 g/mol. The second kappa shape index (κ2) is 7.47. The summed E-state index contributed by atoms with van der Waals surface area (Å²) in [7, 11) is 1.64. The molecule has 1 aromatic heterocycles. The fourth-order valence-corrected chi connectivity index (χ4v) is 2.07. The maximum Gasteiger partial charge on any atom is 0.220 e. The Hall–Kier alpha value is -2.30. The second-order valence-corrected chi connectivity index (χ2v) is 4.78. The van der Waals surface area contributed by atoms with Crippen LogP contribution in [0, 0.1) is 6.92 Å². The molecule has 0 spiro atoms. The van der Waals surface area contributed by atoms with E-state index in [0.29, 0.717) is 31.7 Å². The van der Waals surface area contributed by atoms with Gasteiger partial charge in [0.1, 0.15) is 11.5 Å². The van der Waals surface area contributed by atoms with E-state index in [1.165, 1.54) is 0 Å². The van der Waals surface area contributed by atoms with Gasteiger partial charge in [-0.05, 0) is 25.0 Å². The number of hydrogen-bond donors (Lipinski definition) is 1. The van der Waals surface area contributed by atoms with E-state index in [2.05, 4.69) is 10.3 Å². The number of para-hydroxylation sites is 1. The van der Waals surface area contributed by atoms with Crippen molar-refractivity contribution in [3.05, 3.63) is 47.7 Å². The van der Waals surface area contributed by atoms with E-state index in [1.807, 2.05) is 31.2 Å². The topological polar surface area (TPSA) is 64.4 Å². The number of aromatic nitrogens is 1. The molecule has 5 heteroatoms. The SMILES string of the molecule is COc1ccccc1CCC(=O)NCCc1ncc(C)o1. The van der Waals surface area contributed by atoms with Crippen LogP contribution in [0.4, 0.5) is 0 Å². The number of aryl methyl sites for hydroxylation is 2. The number of carbonyl (C=O) groups excluding carboxylic acids is 1. The van der Waals surface area contributed by atoms with Gasteiger partial charge in [-0.25, -0.2) is 4.98 Å². The number of carbonyl (C=O) groups is 1. The quantitative estimate of drug-likeness (QED) is 0.849. The van der Waals surface area contributed by atoms with Gasteiger partial charge in [0.2, 0.25) is 5.91 Å². The Morgan fingerprint density at radius 3 is 2.86 bits per heavy atom.